The number of nitrogens with zero attached hydrogens (tertiary/aromatic N) is 1. The Morgan fingerprint density at radius 2 is 2.09 bits per heavy atom. The molecule has 0 aliphatic carbocycles. The van der Waals surface area contributed by atoms with Crippen molar-refractivity contribution in [3.63, 3.8) is 0 Å². The van der Waals surface area contributed by atoms with Gasteiger partial charge in [0.15, 0.2) is 14.9 Å². The second kappa shape index (κ2) is 5.47. The van der Waals surface area contributed by atoms with Gasteiger partial charge in [0.05, 0.1) is 15.4 Å². The number of likely N-dealkylation sites (N-methyl/N-ethyl adjacent to an activating group) is 1. The molecule has 1 aromatic carbocycles. The van der Waals surface area contributed by atoms with E-state index < -0.39 is 15.9 Å². The second-order valence-electron chi connectivity index (χ2n) is 5.52. The van der Waals surface area contributed by atoms with Crippen LogP contribution in [-0.2, 0) is 21.1 Å². The first-order valence-corrected chi connectivity index (χ1v) is 9.44. The third-order valence-corrected chi connectivity index (χ3v) is 5.67. The fourth-order valence-electron chi connectivity index (χ4n) is 2.60. The molecular formula is C14H14ClN3O3S2. The van der Waals surface area contributed by atoms with E-state index in [9.17, 15) is 13.2 Å². The predicted octanol–water partition coefficient (Wildman–Crippen LogP) is 1.48. The number of benzene rings is 1. The zero-order valence-corrected chi connectivity index (χ0v) is 14.8. The summed E-state index contributed by atoms with van der Waals surface area (Å²) in [5, 5.41) is 4.36. The summed E-state index contributed by atoms with van der Waals surface area (Å²) in [6.07, 6.45) is 3.25. The molecule has 2 aromatic rings. The normalized spacial score (nSPS) is 18.7. The van der Waals surface area contributed by atoms with Crippen molar-refractivity contribution in [2.45, 2.75) is 17.4 Å². The zero-order chi connectivity index (χ0) is 16.9. The van der Waals surface area contributed by atoms with Gasteiger partial charge in [-0.2, -0.15) is 0 Å². The molecule has 1 aliphatic heterocycles. The number of fused-ring (bicyclic) bond motifs is 1. The van der Waals surface area contributed by atoms with Crippen molar-refractivity contribution < 1.29 is 13.2 Å². The number of hydrogen-bond acceptors (Lipinski definition) is 4. The molecule has 1 amide bonds. The number of amides is 1. The van der Waals surface area contributed by atoms with Gasteiger partial charge < -0.3 is 10.3 Å². The highest BCUT2D eigenvalue weighted by Crippen LogP contribution is 2.30. The van der Waals surface area contributed by atoms with Gasteiger partial charge >= 0.3 is 0 Å². The summed E-state index contributed by atoms with van der Waals surface area (Å²) in [7, 11) is -1.76. The van der Waals surface area contributed by atoms with Crippen LogP contribution in [0.4, 0.5) is 0 Å². The van der Waals surface area contributed by atoms with Crippen LogP contribution in [0.1, 0.15) is 5.56 Å². The van der Waals surface area contributed by atoms with Crippen molar-refractivity contribution in [1.29, 1.82) is 0 Å². The van der Waals surface area contributed by atoms with Gasteiger partial charge in [-0.25, -0.2) is 8.42 Å². The highest BCUT2D eigenvalue weighted by atomic mass is 35.5. The van der Waals surface area contributed by atoms with Crippen LogP contribution >= 0.6 is 23.8 Å². The molecular weight excluding hydrogens is 358 g/mol. The number of carbonyl (C=O) groups excluding carboxylic acids is 1. The van der Waals surface area contributed by atoms with E-state index in [4.69, 9.17) is 23.8 Å². The van der Waals surface area contributed by atoms with Crippen LogP contribution < -0.4 is 5.32 Å². The van der Waals surface area contributed by atoms with Crippen LogP contribution in [0, 0.1) is 0 Å². The van der Waals surface area contributed by atoms with Gasteiger partial charge in [0.2, 0.25) is 0 Å². The van der Waals surface area contributed by atoms with Gasteiger partial charge in [0, 0.05) is 31.3 Å². The summed E-state index contributed by atoms with van der Waals surface area (Å²) in [4.78, 5) is 16.7. The van der Waals surface area contributed by atoms with Gasteiger partial charge in [-0.15, -0.1) is 0 Å². The Kier molecular flexibility index (Phi) is 3.86. The third kappa shape index (κ3) is 2.82. The third-order valence-electron chi connectivity index (χ3n) is 3.88. The average Bonchev–Trinajstić information content (AvgIpc) is 2.97. The molecule has 6 nitrogen and oxygen atoms in total. The first-order valence-electron chi connectivity index (χ1n) is 6.76. The fraction of sp³-hybridized carbons (Fsp3) is 0.286. The molecule has 0 radical (unpaired) electrons. The minimum absolute atomic E-state index is 0.116. The summed E-state index contributed by atoms with van der Waals surface area (Å²) in [6, 6.07) is 2.53. The van der Waals surface area contributed by atoms with Crippen LogP contribution in [0.2, 0.25) is 5.02 Å². The lowest BCUT2D eigenvalue weighted by Gasteiger charge is -2.08. The minimum Gasteiger partial charge on any atom is -0.360 e. The maximum Gasteiger partial charge on any atom is 0.251 e. The standard InChI is InChI=1S/C14H14ClN3O3S2/c1-18-13(19)11(17-14(18)22)3-7-6-16-12-9(7)4-8(5-10(12)15)23(2,20)21/h4-6,11,16H,3H2,1-2H3,(H,17,22). The fourth-order valence-corrected chi connectivity index (χ4v) is 3.84. The number of H-pyrrole nitrogens is 1. The van der Waals surface area contributed by atoms with Gasteiger partial charge in [-0.1, -0.05) is 11.6 Å². The van der Waals surface area contributed by atoms with Crippen LogP contribution in [0.5, 0.6) is 0 Å². The number of sulfone groups is 1. The Hall–Kier alpha value is -1.64. The Morgan fingerprint density at radius 3 is 2.65 bits per heavy atom. The summed E-state index contributed by atoms with van der Waals surface area (Å²) in [6.45, 7) is 0. The van der Waals surface area contributed by atoms with E-state index in [2.05, 4.69) is 10.3 Å². The molecule has 2 N–H and O–H groups in total. The molecule has 1 aliphatic rings. The van der Waals surface area contributed by atoms with Crippen molar-refractivity contribution in [2.24, 2.45) is 0 Å². The SMILES string of the molecule is CN1C(=O)C(Cc2c[nH]c3c(Cl)cc(S(C)(=O)=O)cc23)NC1=S. The van der Waals surface area contributed by atoms with E-state index >= 15 is 0 Å². The largest absolute Gasteiger partial charge is 0.360 e. The molecule has 1 atom stereocenters. The lowest BCUT2D eigenvalue weighted by Crippen LogP contribution is -2.31. The van der Waals surface area contributed by atoms with E-state index in [0.717, 1.165) is 11.8 Å². The van der Waals surface area contributed by atoms with Gasteiger partial charge in [0.1, 0.15) is 6.04 Å². The smallest absolute Gasteiger partial charge is 0.251 e. The molecule has 0 spiro atoms. The first kappa shape index (κ1) is 16.2. The number of aromatic amines is 1. The molecule has 1 saturated heterocycles. The molecule has 0 saturated carbocycles. The molecule has 9 heteroatoms. The van der Waals surface area contributed by atoms with Crippen molar-refractivity contribution >= 4 is 55.6 Å². The van der Waals surface area contributed by atoms with E-state index in [1.807, 2.05) is 0 Å². The summed E-state index contributed by atoms with van der Waals surface area (Å²) in [5.74, 6) is -0.116. The van der Waals surface area contributed by atoms with Crippen molar-refractivity contribution in [3.8, 4) is 0 Å². The van der Waals surface area contributed by atoms with E-state index in [1.165, 1.54) is 11.0 Å². The molecule has 3 rings (SSSR count). The molecule has 23 heavy (non-hydrogen) atoms. The van der Waals surface area contributed by atoms with Crippen LogP contribution in [0.3, 0.4) is 0 Å². The summed E-state index contributed by atoms with van der Waals surface area (Å²) in [5.41, 5.74) is 1.45. The number of halogens is 1. The van der Waals surface area contributed by atoms with Crippen molar-refractivity contribution in [1.82, 2.24) is 15.2 Å². The number of hydrogen-bond donors (Lipinski definition) is 2. The van der Waals surface area contributed by atoms with Crippen molar-refractivity contribution in [2.75, 3.05) is 13.3 Å². The number of nitrogens with one attached hydrogen (secondary N) is 2. The lowest BCUT2D eigenvalue weighted by molar-refractivity contribution is -0.126. The van der Waals surface area contributed by atoms with E-state index in [0.29, 0.717) is 27.5 Å². The van der Waals surface area contributed by atoms with E-state index in [-0.39, 0.29) is 10.8 Å². The maximum absolute atomic E-state index is 12.1. The van der Waals surface area contributed by atoms with Gasteiger partial charge in [-0.3, -0.25) is 9.69 Å². The van der Waals surface area contributed by atoms with E-state index in [1.54, 1.807) is 19.3 Å². The minimum atomic E-state index is -3.38. The highest BCUT2D eigenvalue weighted by Gasteiger charge is 2.33. The van der Waals surface area contributed by atoms with Gasteiger partial charge in [-0.05, 0) is 29.9 Å². The molecule has 2 heterocycles. The Labute approximate surface area is 143 Å². The molecule has 0 bridgehead atoms. The summed E-state index contributed by atoms with van der Waals surface area (Å²) >= 11 is 11.2. The Bertz CT molecular complexity index is 936. The maximum atomic E-state index is 12.1. The number of aromatic nitrogens is 1. The Morgan fingerprint density at radius 1 is 1.39 bits per heavy atom. The second-order valence-corrected chi connectivity index (χ2v) is 8.33. The highest BCUT2D eigenvalue weighted by molar-refractivity contribution is 7.90. The van der Waals surface area contributed by atoms with Gasteiger partial charge in [0.25, 0.3) is 5.91 Å². The number of thiocarbonyl (C=S) groups is 1. The average molecular weight is 372 g/mol. The lowest BCUT2D eigenvalue weighted by atomic mass is 10.1. The monoisotopic (exact) mass is 371 g/mol. The molecule has 1 fully saturated rings. The van der Waals surface area contributed by atoms with Crippen LogP contribution in [0.25, 0.3) is 10.9 Å². The topological polar surface area (TPSA) is 82.3 Å². The number of rotatable bonds is 3. The number of carbonyl (C=O) groups is 1. The Balaban J connectivity index is 2.04. The molecule has 1 unspecified atom stereocenters. The van der Waals surface area contributed by atoms with Crippen LogP contribution in [0.15, 0.2) is 23.2 Å². The quantitative estimate of drug-likeness (QED) is 0.799. The molecule has 122 valence electrons. The first-order chi connectivity index (χ1) is 10.7. The summed E-state index contributed by atoms with van der Waals surface area (Å²) < 4.78 is 23.6. The zero-order valence-electron chi connectivity index (χ0n) is 12.4. The predicted molar refractivity (Wildman–Crippen MR) is 92.4 cm³/mol. The van der Waals surface area contributed by atoms with Crippen LogP contribution in [-0.4, -0.2) is 48.7 Å². The molecule has 1 aromatic heterocycles. The van der Waals surface area contributed by atoms with Crippen molar-refractivity contribution in [3.05, 3.63) is 28.9 Å².